The van der Waals surface area contributed by atoms with Gasteiger partial charge in [0.05, 0.1) is 5.25 Å². The van der Waals surface area contributed by atoms with Crippen LogP contribution in [-0.4, -0.2) is 50.4 Å². The molecule has 9 heteroatoms. The van der Waals surface area contributed by atoms with Crippen molar-refractivity contribution < 1.29 is 9.59 Å². The Labute approximate surface area is 135 Å². The van der Waals surface area contributed by atoms with Crippen molar-refractivity contribution >= 4 is 35.0 Å². The maximum absolute atomic E-state index is 12.2. The van der Waals surface area contributed by atoms with E-state index >= 15 is 0 Å². The average Bonchev–Trinajstić information content (AvgIpc) is 3.22. The number of hydrogen-bond acceptors (Lipinski definition) is 6. The van der Waals surface area contributed by atoms with Gasteiger partial charge in [-0.1, -0.05) is 17.8 Å². The van der Waals surface area contributed by atoms with E-state index in [0.29, 0.717) is 24.7 Å². The normalized spacial score (nSPS) is 15.9. The van der Waals surface area contributed by atoms with Crippen LogP contribution in [0.3, 0.4) is 0 Å². The minimum atomic E-state index is -0.408. The number of nitrogens with one attached hydrogen (secondary N) is 2. The Kier molecular flexibility index (Phi) is 4.44. The van der Waals surface area contributed by atoms with Gasteiger partial charge in [-0.25, -0.2) is 9.78 Å². The molecule has 22 heavy (non-hydrogen) atoms. The molecule has 3 rings (SSSR count). The Bertz CT molecular complexity index is 670. The lowest BCUT2D eigenvalue weighted by Gasteiger charge is -2.15. The smallest absolute Gasteiger partial charge is 0.324 e. The second-order valence-corrected chi connectivity index (χ2v) is 7.14. The molecule has 0 unspecified atom stereocenters. The molecule has 0 spiro atoms. The van der Waals surface area contributed by atoms with Gasteiger partial charge in [-0.15, -0.1) is 16.4 Å². The molecule has 3 amide bonds. The molecule has 1 atom stereocenters. The first-order valence-electron chi connectivity index (χ1n) is 6.83. The summed E-state index contributed by atoms with van der Waals surface area (Å²) in [6, 6.07) is 3.71. The lowest BCUT2D eigenvalue weighted by Crippen LogP contribution is -2.38. The van der Waals surface area contributed by atoms with Crippen LogP contribution in [0.2, 0.25) is 0 Å². The molecule has 3 heterocycles. The molecular weight excluding hydrogens is 322 g/mol. The molecule has 1 saturated heterocycles. The van der Waals surface area contributed by atoms with Crippen molar-refractivity contribution in [2.75, 3.05) is 13.1 Å². The van der Waals surface area contributed by atoms with Crippen LogP contribution in [0.25, 0.3) is 0 Å². The Morgan fingerprint density at radius 1 is 1.59 bits per heavy atom. The van der Waals surface area contributed by atoms with E-state index in [9.17, 15) is 9.59 Å². The molecule has 2 N–H and O–H groups in total. The molecule has 1 aliphatic heterocycles. The summed E-state index contributed by atoms with van der Waals surface area (Å²) in [6.07, 6.45) is 0.697. The van der Waals surface area contributed by atoms with Gasteiger partial charge >= 0.3 is 6.03 Å². The molecule has 0 bridgehead atoms. The predicted molar refractivity (Wildman–Crippen MR) is 83.9 cm³/mol. The lowest BCUT2D eigenvalue weighted by atomic mass is 10.3. The highest BCUT2D eigenvalue weighted by Gasteiger charge is 2.30. The SMILES string of the molecule is C[C@H](Sc1n[nH]c(Cc2cccs2)n1)C(=O)N1CCNC1=O. The van der Waals surface area contributed by atoms with Crippen molar-refractivity contribution in [3.63, 3.8) is 0 Å². The van der Waals surface area contributed by atoms with Gasteiger partial charge in [0.15, 0.2) is 0 Å². The Balaban J connectivity index is 1.59. The number of amides is 3. The van der Waals surface area contributed by atoms with Crippen molar-refractivity contribution in [3.8, 4) is 0 Å². The van der Waals surface area contributed by atoms with Crippen LogP contribution in [0.15, 0.2) is 22.7 Å². The molecule has 1 aliphatic rings. The molecule has 2 aromatic heterocycles. The Morgan fingerprint density at radius 2 is 2.45 bits per heavy atom. The number of aromatic nitrogens is 3. The van der Waals surface area contributed by atoms with Crippen LogP contribution in [-0.2, 0) is 11.2 Å². The maximum atomic E-state index is 12.2. The highest BCUT2D eigenvalue weighted by Crippen LogP contribution is 2.22. The van der Waals surface area contributed by atoms with Crippen molar-refractivity contribution in [2.24, 2.45) is 0 Å². The lowest BCUT2D eigenvalue weighted by molar-refractivity contribution is -0.126. The second-order valence-electron chi connectivity index (χ2n) is 4.80. The number of thiophene rings is 1. The molecule has 0 radical (unpaired) electrons. The number of rotatable bonds is 5. The Hall–Kier alpha value is -1.87. The quantitative estimate of drug-likeness (QED) is 0.807. The van der Waals surface area contributed by atoms with Crippen LogP contribution in [0.1, 0.15) is 17.6 Å². The summed E-state index contributed by atoms with van der Waals surface area (Å²) in [4.78, 5) is 30.5. The minimum Gasteiger partial charge on any atom is -0.336 e. The first-order chi connectivity index (χ1) is 10.6. The maximum Gasteiger partial charge on any atom is 0.324 e. The second kappa shape index (κ2) is 6.49. The van der Waals surface area contributed by atoms with E-state index in [1.807, 2.05) is 17.5 Å². The van der Waals surface area contributed by atoms with Gasteiger partial charge in [0.2, 0.25) is 11.1 Å². The number of hydrogen-bond donors (Lipinski definition) is 2. The summed E-state index contributed by atoms with van der Waals surface area (Å²) in [7, 11) is 0. The number of thioether (sulfide) groups is 1. The summed E-state index contributed by atoms with van der Waals surface area (Å²) >= 11 is 2.92. The van der Waals surface area contributed by atoms with E-state index in [-0.39, 0.29) is 11.9 Å². The van der Waals surface area contributed by atoms with Gasteiger partial charge in [0.25, 0.3) is 0 Å². The number of H-pyrrole nitrogens is 1. The molecular formula is C13H15N5O2S2. The largest absolute Gasteiger partial charge is 0.336 e. The highest BCUT2D eigenvalue weighted by molar-refractivity contribution is 8.00. The topological polar surface area (TPSA) is 91.0 Å². The first kappa shape index (κ1) is 15.0. The van der Waals surface area contributed by atoms with E-state index < -0.39 is 5.25 Å². The zero-order valence-electron chi connectivity index (χ0n) is 11.9. The van der Waals surface area contributed by atoms with E-state index in [1.54, 1.807) is 18.3 Å². The third kappa shape index (κ3) is 3.30. The predicted octanol–water partition coefficient (Wildman–Crippen LogP) is 1.49. The molecule has 0 aromatic carbocycles. The van der Waals surface area contributed by atoms with Gasteiger partial charge in [0.1, 0.15) is 5.82 Å². The summed E-state index contributed by atoms with van der Waals surface area (Å²) < 4.78 is 0. The number of urea groups is 1. The fourth-order valence-corrected chi connectivity index (χ4v) is 3.61. The van der Waals surface area contributed by atoms with Gasteiger partial charge in [-0.3, -0.25) is 14.8 Å². The van der Waals surface area contributed by atoms with E-state index in [1.165, 1.54) is 21.5 Å². The molecule has 0 saturated carbocycles. The monoisotopic (exact) mass is 337 g/mol. The van der Waals surface area contributed by atoms with Gasteiger partial charge < -0.3 is 5.32 Å². The van der Waals surface area contributed by atoms with E-state index in [2.05, 4.69) is 20.5 Å². The molecule has 116 valence electrons. The Morgan fingerprint density at radius 3 is 3.14 bits per heavy atom. The number of carbonyl (C=O) groups excluding carboxylic acids is 2. The third-order valence-electron chi connectivity index (χ3n) is 3.19. The van der Waals surface area contributed by atoms with Crippen molar-refractivity contribution in [1.29, 1.82) is 0 Å². The van der Waals surface area contributed by atoms with E-state index in [4.69, 9.17) is 0 Å². The number of imide groups is 1. The third-order valence-corrected chi connectivity index (χ3v) is 5.01. The van der Waals surface area contributed by atoms with Crippen LogP contribution in [0.5, 0.6) is 0 Å². The van der Waals surface area contributed by atoms with Gasteiger partial charge in [-0.05, 0) is 18.4 Å². The zero-order chi connectivity index (χ0) is 15.5. The van der Waals surface area contributed by atoms with Crippen LogP contribution in [0, 0.1) is 0 Å². The summed E-state index contributed by atoms with van der Waals surface area (Å²) in [5, 5.41) is 11.8. The molecule has 0 aliphatic carbocycles. The average molecular weight is 337 g/mol. The van der Waals surface area contributed by atoms with Crippen LogP contribution in [0.4, 0.5) is 4.79 Å². The van der Waals surface area contributed by atoms with Crippen LogP contribution < -0.4 is 5.32 Å². The fourth-order valence-electron chi connectivity index (χ4n) is 2.10. The van der Waals surface area contributed by atoms with Crippen molar-refractivity contribution in [1.82, 2.24) is 25.4 Å². The number of carbonyl (C=O) groups is 2. The number of aromatic amines is 1. The van der Waals surface area contributed by atoms with Gasteiger partial charge in [0, 0.05) is 24.4 Å². The molecule has 2 aromatic rings. The van der Waals surface area contributed by atoms with E-state index in [0.717, 1.165) is 5.82 Å². The van der Waals surface area contributed by atoms with Crippen molar-refractivity contribution in [3.05, 3.63) is 28.2 Å². The summed E-state index contributed by atoms with van der Waals surface area (Å²) in [5.41, 5.74) is 0. The van der Waals surface area contributed by atoms with Crippen molar-refractivity contribution in [2.45, 2.75) is 23.8 Å². The first-order valence-corrected chi connectivity index (χ1v) is 8.59. The fraction of sp³-hybridized carbons (Fsp3) is 0.385. The summed E-state index contributed by atoms with van der Waals surface area (Å²) in [5.74, 6) is 0.549. The standard InChI is InChI=1S/C13H15N5O2S2/c1-8(11(19)18-5-4-14-13(18)20)22-12-15-10(16-17-12)7-9-3-2-6-21-9/h2-3,6,8H,4-5,7H2,1H3,(H,14,20)(H,15,16,17)/t8-/m0/s1. The minimum absolute atomic E-state index is 0.218. The zero-order valence-corrected chi connectivity index (χ0v) is 13.5. The summed E-state index contributed by atoms with van der Waals surface area (Å²) in [6.45, 7) is 2.68. The highest BCUT2D eigenvalue weighted by atomic mass is 32.2. The van der Waals surface area contributed by atoms with Crippen LogP contribution >= 0.6 is 23.1 Å². The molecule has 1 fully saturated rings. The van der Waals surface area contributed by atoms with Gasteiger partial charge in [-0.2, -0.15) is 0 Å². The molecule has 7 nitrogen and oxygen atoms in total. The number of nitrogens with zero attached hydrogens (tertiary/aromatic N) is 3.